The number of rotatable bonds is 5. The molecule has 2 N–H and O–H groups in total. The van der Waals surface area contributed by atoms with Crippen LogP contribution < -0.4 is 10.6 Å². The van der Waals surface area contributed by atoms with Gasteiger partial charge in [-0.1, -0.05) is 23.7 Å². The summed E-state index contributed by atoms with van der Waals surface area (Å²) in [7, 11) is 0. The summed E-state index contributed by atoms with van der Waals surface area (Å²) in [5.74, 6) is 0. The van der Waals surface area contributed by atoms with E-state index in [4.69, 9.17) is 28.6 Å². The monoisotopic (exact) mass is 350 g/mol. The molecule has 1 aromatic carbocycles. The average Bonchev–Trinajstić information content (AvgIpc) is 3.20. The molecule has 1 atom stereocenters. The van der Waals surface area contributed by atoms with E-state index in [1.807, 2.05) is 35.1 Å². The van der Waals surface area contributed by atoms with Crippen LogP contribution in [0.3, 0.4) is 0 Å². The fourth-order valence-corrected chi connectivity index (χ4v) is 2.81. The predicted molar refractivity (Wildman–Crippen MR) is 96.0 cm³/mol. The van der Waals surface area contributed by atoms with Crippen LogP contribution in [0.15, 0.2) is 36.7 Å². The van der Waals surface area contributed by atoms with Crippen LogP contribution in [0.25, 0.3) is 0 Å². The molecule has 1 saturated heterocycles. The van der Waals surface area contributed by atoms with Gasteiger partial charge in [-0.05, 0) is 42.8 Å². The third kappa shape index (κ3) is 4.92. The topological polar surface area (TPSA) is 51.1 Å². The summed E-state index contributed by atoms with van der Waals surface area (Å²) in [5, 5.41) is 12.0. The maximum absolute atomic E-state index is 5.89. The highest BCUT2D eigenvalue weighted by molar-refractivity contribution is 7.80. The number of ether oxygens (including phenoxy) is 1. The molecule has 1 aliphatic heterocycles. The second-order valence-electron chi connectivity index (χ2n) is 5.52. The molecule has 1 aromatic heterocycles. The first-order valence-electron chi connectivity index (χ1n) is 7.62. The minimum atomic E-state index is 0.266. The molecule has 1 aliphatic rings. The first-order valence-corrected chi connectivity index (χ1v) is 8.41. The Morgan fingerprint density at radius 1 is 1.39 bits per heavy atom. The summed E-state index contributed by atoms with van der Waals surface area (Å²) in [6.07, 6.45) is 6.17. The van der Waals surface area contributed by atoms with Crippen LogP contribution in [-0.4, -0.2) is 34.1 Å². The van der Waals surface area contributed by atoms with Crippen molar-refractivity contribution in [3.63, 3.8) is 0 Å². The van der Waals surface area contributed by atoms with Gasteiger partial charge in [-0.25, -0.2) is 0 Å². The van der Waals surface area contributed by atoms with Crippen molar-refractivity contribution in [2.24, 2.45) is 0 Å². The zero-order chi connectivity index (χ0) is 16.1. The van der Waals surface area contributed by atoms with E-state index >= 15 is 0 Å². The number of nitrogens with one attached hydrogen (secondary N) is 2. The van der Waals surface area contributed by atoms with Crippen molar-refractivity contribution >= 4 is 34.6 Å². The van der Waals surface area contributed by atoms with Crippen LogP contribution in [0.5, 0.6) is 0 Å². The molecule has 3 rings (SSSR count). The van der Waals surface area contributed by atoms with E-state index in [9.17, 15) is 0 Å². The van der Waals surface area contributed by atoms with E-state index in [0.717, 1.165) is 42.3 Å². The molecule has 23 heavy (non-hydrogen) atoms. The molecule has 0 amide bonds. The molecule has 0 bridgehead atoms. The molecule has 2 heterocycles. The number of thiocarbonyl (C=S) groups is 1. The Morgan fingerprint density at radius 2 is 2.22 bits per heavy atom. The van der Waals surface area contributed by atoms with Crippen LogP contribution in [0.1, 0.15) is 18.4 Å². The van der Waals surface area contributed by atoms with Gasteiger partial charge >= 0.3 is 0 Å². The number of hydrogen-bond donors (Lipinski definition) is 2. The Hall–Kier alpha value is -1.63. The Bertz CT molecular complexity index is 652. The van der Waals surface area contributed by atoms with Gasteiger partial charge in [-0.2, -0.15) is 5.10 Å². The number of benzene rings is 1. The maximum atomic E-state index is 5.89. The minimum absolute atomic E-state index is 0.266. The van der Waals surface area contributed by atoms with Gasteiger partial charge in [0.05, 0.1) is 24.5 Å². The van der Waals surface area contributed by atoms with E-state index in [0.29, 0.717) is 11.7 Å². The average molecular weight is 351 g/mol. The Kier molecular flexibility index (Phi) is 5.48. The van der Waals surface area contributed by atoms with Crippen LogP contribution >= 0.6 is 23.8 Å². The molecule has 0 aliphatic carbocycles. The first-order chi connectivity index (χ1) is 11.2. The largest absolute Gasteiger partial charge is 0.376 e. The number of hydrogen-bond acceptors (Lipinski definition) is 3. The molecule has 122 valence electrons. The lowest BCUT2D eigenvalue weighted by Gasteiger charge is -2.13. The molecule has 1 unspecified atom stereocenters. The summed E-state index contributed by atoms with van der Waals surface area (Å²) in [5.41, 5.74) is 2.01. The van der Waals surface area contributed by atoms with Crippen molar-refractivity contribution < 1.29 is 4.74 Å². The summed E-state index contributed by atoms with van der Waals surface area (Å²) in [4.78, 5) is 0. The Labute approximate surface area is 146 Å². The normalized spacial score (nSPS) is 17.2. The van der Waals surface area contributed by atoms with Crippen molar-refractivity contribution in [1.29, 1.82) is 0 Å². The second kappa shape index (κ2) is 7.77. The van der Waals surface area contributed by atoms with Crippen LogP contribution in [0, 0.1) is 0 Å². The first kappa shape index (κ1) is 16.2. The second-order valence-corrected chi connectivity index (χ2v) is 6.37. The molecule has 0 radical (unpaired) electrons. The quantitative estimate of drug-likeness (QED) is 0.812. The van der Waals surface area contributed by atoms with Gasteiger partial charge in [0.15, 0.2) is 5.11 Å². The van der Waals surface area contributed by atoms with E-state index in [1.165, 1.54) is 0 Å². The highest BCUT2D eigenvalue weighted by Gasteiger charge is 2.15. The molecular weight excluding hydrogens is 332 g/mol. The summed E-state index contributed by atoms with van der Waals surface area (Å²) in [6, 6.07) is 7.74. The predicted octanol–water partition coefficient (Wildman–Crippen LogP) is 3.05. The summed E-state index contributed by atoms with van der Waals surface area (Å²) < 4.78 is 7.41. The summed E-state index contributed by atoms with van der Waals surface area (Å²) in [6.45, 7) is 2.28. The molecule has 7 heteroatoms. The van der Waals surface area contributed by atoms with E-state index in [2.05, 4.69) is 15.7 Å². The van der Waals surface area contributed by atoms with Crippen LogP contribution in [0.2, 0.25) is 5.02 Å². The fourth-order valence-electron chi connectivity index (χ4n) is 2.48. The minimum Gasteiger partial charge on any atom is -0.376 e. The van der Waals surface area contributed by atoms with Gasteiger partial charge in [0, 0.05) is 24.4 Å². The zero-order valence-electron chi connectivity index (χ0n) is 12.7. The smallest absolute Gasteiger partial charge is 0.170 e. The number of halogens is 1. The molecule has 5 nitrogen and oxygen atoms in total. The van der Waals surface area contributed by atoms with Crippen molar-refractivity contribution in [3.05, 3.63) is 47.2 Å². The van der Waals surface area contributed by atoms with Crippen molar-refractivity contribution in [3.8, 4) is 0 Å². The fraction of sp³-hybridized carbons (Fsp3) is 0.375. The van der Waals surface area contributed by atoms with Gasteiger partial charge in [-0.15, -0.1) is 0 Å². The Balaban J connectivity index is 1.48. The van der Waals surface area contributed by atoms with E-state index in [1.54, 1.807) is 6.20 Å². The summed E-state index contributed by atoms with van der Waals surface area (Å²) >= 11 is 11.2. The molecule has 0 saturated carbocycles. The van der Waals surface area contributed by atoms with Gasteiger partial charge in [0.1, 0.15) is 0 Å². The number of anilines is 1. The van der Waals surface area contributed by atoms with Crippen molar-refractivity contribution in [2.75, 3.05) is 18.5 Å². The van der Waals surface area contributed by atoms with Crippen molar-refractivity contribution in [2.45, 2.75) is 25.5 Å². The Morgan fingerprint density at radius 3 is 2.96 bits per heavy atom. The van der Waals surface area contributed by atoms with Crippen molar-refractivity contribution in [1.82, 2.24) is 15.1 Å². The van der Waals surface area contributed by atoms with Gasteiger partial charge in [-0.3, -0.25) is 4.68 Å². The zero-order valence-corrected chi connectivity index (χ0v) is 14.2. The third-order valence-corrected chi connectivity index (χ3v) is 4.16. The van der Waals surface area contributed by atoms with Gasteiger partial charge < -0.3 is 15.4 Å². The lowest BCUT2D eigenvalue weighted by Crippen LogP contribution is -2.34. The van der Waals surface area contributed by atoms with Gasteiger partial charge in [0.2, 0.25) is 0 Å². The highest BCUT2D eigenvalue weighted by Crippen LogP contribution is 2.13. The SMILES string of the molecule is S=C(NCC1CCCO1)Nc1cnn(Cc2ccc(Cl)cc2)c1. The molecule has 0 spiro atoms. The number of aromatic nitrogens is 2. The van der Waals surface area contributed by atoms with E-state index in [-0.39, 0.29) is 6.10 Å². The van der Waals surface area contributed by atoms with E-state index < -0.39 is 0 Å². The van der Waals surface area contributed by atoms with Crippen LogP contribution in [0.4, 0.5) is 5.69 Å². The lowest BCUT2D eigenvalue weighted by atomic mass is 10.2. The molecular formula is C16H19ClN4OS. The highest BCUT2D eigenvalue weighted by atomic mass is 35.5. The maximum Gasteiger partial charge on any atom is 0.170 e. The lowest BCUT2D eigenvalue weighted by molar-refractivity contribution is 0.114. The van der Waals surface area contributed by atoms with Gasteiger partial charge in [0.25, 0.3) is 0 Å². The number of nitrogens with zero attached hydrogens (tertiary/aromatic N) is 2. The molecule has 2 aromatic rings. The molecule has 1 fully saturated rings. The third-order valence-electron chi connectivity index (χ3n) is 3.66. The standard InChI is InChI=1S/C16H19ClN4OS/c17-13-5-3-12(4-6-13)10-21-11-14(8-19-21)20-16(23)18-9-15-2-1-7-22-15/h3-6,8,11,15H,1-2,7,9-10H2,(H2,18,20,23). The van der Waals surface area contributed by atoms with Crippen LogP contribution in [-0.2, 0) is 11.3 Å².